The Kier molecular flexibility index (Phi) is 4.10. The van der Waals surface area contributed by atoms with Crippen LogP contribution in [0.15, 0.2) is 0 Å². The van der Waals surface area contributed by atoms with Gasteiger partial charge in [0.05, 0.1) is 0 Å². The van der Waals surface area contributed by atoms with Crippen molar-refractivity contribution >= 4 is 0 Å². The lowest BCUT2D eigenvalue weighted by Crippen LogP contribution is -2.20. The van der Waals surface area contributed by atoms with E-state index >= 15 is 0 Å². The third-order valence-electron chi connectivity index (χ3n) is 1.08. The Hall–Kier alpha value is -0.0400. The molecule has 0 bridgehead atoms. The second-order valence-electron chi connectivity index (χ2n) is 1.83. The lowest BCUT2D eigenvalue weighted by Gasteiger charge is -2.05. The zero-order chi connectivity index (χ0) is 5.70. The summed E-state index contributed by atoms with van der Waals surface area (Å²) >= 11 is 0. The molecule has 1 radical (unpaired) electrons. The Bertz CT molecular complexity index is 35.2. The smallest absolute Gasteiger partial charge is 0.00383 e. The average molecular weight is 100 g/mol. The molecular weight excluding hydrogens is 86.1 g/mol. The van der Waals surface area contributed by atoms with Crippen molar-refractivity contribution in [1.29, 1.82) is 0 Å². The second-order valence-corrected chi connectivity index (χ2v) is 1.83. The van der Waals surface area contributed by atoms with Crippen molar-refractivity contribution in [1.82, 2.24) is 5.32 Å². The van der Waals surface area contributed by atoms with Crippen molar-refractivity contribution in [2.24, 2.45) is 0 Å². The normalized spacial score (nSPS) is 14.1. The van der Waals surface area contributed by atoms with Crippen LogP contribution in [0.5, 0.6) is 0 Å². The highest BCUT2D eigenvalue weighted by Crippen LogP contribution is 1.90. The topological polar surface area (TPSA) is 12.0 Å². The predicted molar refractivity (Wildman–Crippen MR) is 33.1 cm³/mol. The molecule has 0 aromatic carbocycles. The summed E-state index contributed by atoms with van der Waals surface area (Å²) in [7, 11) is 1.98. The first-order valence-corrected chi connectivity index (χ1v) is 2.76. The molecule has 0 amide bonds. The van der Waals surface area contributed by atoms with E-state index in [-0.39, 0.29) is 0 Å². The summed E-state index contributed by atoms with van der Waals surface area (Å²) in [4.78, 5) is 0. The molecule has 0 aromatic rings. The Balaban J connectivity index is 2.83. The monoisotopic (exact) mass is 100 g/mol. The average Bonchev–Trinajstić information content (AvgIpc) is 1.68. The molecular formula is C6H14N. The van der Waals surface area contributed by atoms with Gasteiger partial charge in [-0.05, 0) is 26.8 Å². The van der Waals surface area contributed by atoms with Crippen molar-refractivity contribution in [3.63, 3.8) is 0 Å². The molecule has 0 saturated carbocycles. The lowest BCUT2D eigenvalue weighted by molar-refractivity contribution is 0.603. The van der Waals surface area contributed by atoms with Crippen LogP contribution in [0.3, 0.4) is 0 Å². The lowest BCUT2D eigenvalue weighted by atomic mass is 10.2. The number of hydrogen-bond acceptors (Lipinski definition) is 1. The third-order valence-corrected chi connectivity index (χ3v) is 1.08. The van der Waals surface area contributed by atoms with E-state index in [0.29, 0.717) is 6.04 Å². The summed E-state index contributed by atoms with van der Waals surface area (Å²) in [5, 5.41) is 3.13. The summed E-state index contributed by atoms with van der Waals surface area (Å²) in [6.45, 7) is 4.24. The van der Waals surface area contributed by atoms with Crippen molar-refractivity contribution in [3.8, 4) is 0 Å². The van der Waals surface area contributed by atoms with Gasteiger partial charge < -0.3 is 5.32 Å². The summed E-state index contributed by atoms with van der Waals surface area (Å²) in [6.07, 6.45) is 3.33. The molecule has 1 nitrogen and oxygen atoms in total. The van der Waals surface area contributed by atoms with Gasteiger partial charge >= 0.3 is 0 Å². The fourth-order valence-electron chi connectivity index (χ4n) is 0.471. The van der Waals surface area contributed by atoms with Gasteiger partial charge in [0.1, 0.15) is 0 Å². The van der Waals surface area contributed by atoms with Crippen molar-refractivity contribution in [3.05, 3.63) is 6.42 Å². The van der Waals surface area contributed by atoms with Crippen LogP contribution in [-0.4, -0.2) is 13.1 Å². The minimum absolute atomic E-state index is 0.644. The summed E-state index contributed by atoms with van der Waals surface area (Å²) in [6, 6.07) is 0.644. The van der Waals surface area contributed by atoms with E-state index in [0.717, 1.165) is 6.42 Å². The zero-order valence-corrected chi connectivity index (χ0v) is 5.36. The van der Waals surface area contributed by atoms with Gasteiger partial charge in [-0.25, -0.2) is 0 Å². The molecule has 0 aliphatic heterocycles. The molecule has 0 heterocycles. The predicted octanol–water partition coefficient (Wildman–Crippen LogP) is 1.21. The maximum atomic E-state index is 3.13. The number of nitrogens with one attached hydrogen (secondary N) is 1. The van der Waals surface area contributed by atoms with Crippen LogP contribution in [0, 0.1) is 6.42 Å². The third kappa shape index (κ3) is 3.80. The maximum Gasteiger partial charge on any atom is 0.00383 e. The Labute approximate surface area is 46.1 Å². The first-order chi connectivity index (χ1) is 3.31. The fraction of sp³-hybridized carbons (Fsp3) is 0.833. The number of hydrogen-bond donors (Lipinski definition) is 1. The van der Waals surface area contributed by atoms with Gasteiger partial charge in [0.25, 0.3) is 0 Å². The standard InChI is InChI=1S/C6H14N/c1-4-5-6(2)7-3/h4,6-7H,5H2,1-3H3. The van der Waals surface area contributed by atoms with Crippen molar-refractivity contribution < 1.29 is 0 Å². The van der Waals surface area contributed by atoms with E-state index in [1.807, 2.05) is 7.05 Å². The first-order valence-electron chi connectivity index (χ1n) is 2.76. The van der Waals surface area contributed by atoms with Gasteiger partial charge in [-0.1, -0.05) is 6.92 Å². The Morgan fingerprint density at radius 2 is 2.29 bits per heavy atom. The van der Waals surface area contributed by atoms with Gasteiger partial charge in [0, 0.05) is 6.04 Å². The van der Waals surface area contributed by atoms with Crippen LogP contribution in [-0.2, 0) is 0 Å². The van der Waals surface area contributed by atoms with Gasteiger partial charge in [-0.3, -0.25) is 0 Å². The maximum absolute atomic E-state index is 3.13. The fourth-order valence-corrected chi connectivity index (χ4v) is 0.471. The van der Waals surface area contributed by atoms with Crippen LogP contribution in [0.2, 0.25) is 0 Å². The zero-order valence-electron chi connectivity index (χ0n) is 5.36. The SMILES string of the molecule is C[CH]CC(C)NC. The minimum atomic E-state index is 0.644. The first kappa shape index (κ1) is 6.96. The molecule has 0 aliphatic rings. The van der Waals surface area contributed by atoms with Gasteiger partial charge in [0.2, 0.25) is 0 Å². The van der Waals surface area contributed by atoms with Crippen LogP contribution in [0.4, 0.5) is 0 Å². The van der Waals surface area contributed by atoms with Crippen LogP contribution < -0.4 is 5.32 Å². The quantitative estimate of drug-likeness (QED) is 0.562. The van der Waals surface area contributed by atoms with Crippen LogP contribution >= 0.6 is 0 Å². The van der Waals surface area contributed by atoms with E-state index in [1.54, 1.807) is 0 Å². The molecule has 0 rings (SSSR count). The van der Waals surface area contributed by atoms with Crippen LogP contribution in [0.25, 0.3) is 0 Å². The molecule has 7 heavy (non-hydrogen) atoms. The minimum Gasteiger partial charge on any atom is -0.317 e. The molecule has 0 fully saturated rings. The largest absolute Gasteiger partial charge is 0.317 e. The highest BCUT2D eigenvalue weighted by atomic mass is 14.8. The van der Waals surface area contributed by atoms with Gasteiger partial charge in [-0.15, -0.1) is 0 Å². The van der Waals surface area contributed by atoms with Crippen LogP contribution in [0.1, 0.15) is 20.3 Å². The second kappa shape index (κ2) is 4.13. The molecule has 43 valence electrons. The Morgan fingerprint density at radius 3 is 2.43 bits per heavy atom. The Morgan fingerprint density at radius 1 is 1.71 bits per heavy atom. The van der Waals surface area contributed by atoms with E-state index in [9.17, 15) is 0 Å². The van der Waals surface area contributed by atoms with Crippen molar-refractivity contribution in [2.75, 3.05) is 7.05 Å². The van der Waals surface area contributed by atoms with E-state index in [2.05, 4.69) is 25.6 Å². The molecule has 0 aliphatic carbocycles. The number of rotatable bonds is 3. The van der Waals surface area contributed by atoms with E-state index < -0.39 is 0 Å². The van der Waals surface area contributed by atoms with Crippen molar-refractivity contribution in [2.45, 2.75) is 26.3 Å². The van der Waals surface area contributed by atoms with Gasteiger partial charge in [0.15, 0.2) is 0 Å². The molecule has 1 heteroatoms. The highest BCUT2D eigenvalue weighted by Gasteiger charge is 1.91. The summed E-state index contributed by atoms with van der Waals surface area (Å²) < 4.78 is 0. The van der Waals surface area contributed by atoms with Gasteiger partial charge in [-0.2, -0.15) is 0 Å². The molecule has 1 N–H and O–H groups in total. The summed E-state index contributed by atoms with van der Waals surface area (Å²) in [5.74, 6) is 0. The van der Waals surface area contributed by atoms with E-state index in [4.69, 9.17) is 0 Å². The van der Waals surface area contributed by atoms with E-state index in [1.165, 1.54) is 0 Å². The molecule has 0 spiro atoms. The highest BCUT2D eigenvalue weighted by molar-refractivity contribution is 4.65. The molecule has 1 unspecified atom stereocenters. The summed E-state index contributed by atoms with van der Waals surface area (Å²) in [5.41, 5.74) is 0. The molecule has 0 aromatic heterocycles. The molecule has 1 atom stereocenters. The molecule has 0 saturated heterocycles.